The molecular formula is C10H20IN3O. The number of ketones is 1. The van der Waals surface area contributed by atoms with Crippen LogP contribution in [0.3, 0.4) is 0 Å². The highest BCUT2D eigenvalue weighted by Crippen LogP contribution is 2.16. The maximum absolute atomic E-state index is 12.0. The van der Waals surface area contributed by atoms with Gasteiger partial charge >= 0.3 is 0 Å². The lowest BCUT2D eigenvalue weighted by Gasteiger charge is -2.24. The molecule has 0 aromatic rings. The summed E-state index contributed by atoms with van der Waals surface area (Å²) in [6.45, 7) is 9.75. The molecule has 0 rings (SSSR count). The van der Waals surface area contributed by atoms with Gasteiger partial charge in [-0.25, -0.2) is 3.64 Å². The fourth-order valence-electron chi connectivity index (χ4n) is 1.11. The van der Waals surface area contributed by atoms with Crippen LogP contribution in [0.2, 0.25) is 0 Å². The Bertz CT molecular complexity index is 233. The molecule has 0 bridgehead atoms. The van der Waals surface area contributed by atoms with Gasteiger partial charge in [-0.2, -0.15) is 5.10 Å². The Morgan fingerprint density at radius 1 is 1.40 bits per heavy atom. The van der Waals surface area contributed by atoms with E-state index in [0.717, 1.165) is 0 Å². The highest BCUT2D eigenvalue weighted by Gasteiger charge is 2.28. The fourth-order valence-corrected chi connectivity index (χ4v) is 1.28. The zero-order chi connectivity index (χ0) is 12.1. The van der Waals surface area contributed by atoms with Gasteiger partial charge in [0.05, 0.1) is 22.9 Å². The number of nitrogens with one attached hydrogen (secondary N) is 2. The van der Waals surface area contributed by atoms with Gasteiger partial charge in [0, 0.05) is 17.7 Å². The molecule has 0 amide bonds. The number of carbonyl (C=O) groups is 1. The molecule has 4 nitrogen and oxygen atoms in total. The SMILES string of the molecule is CC(C)NC(/C=N/NI)C(=O)C(C)(C)C. The molecule has 0 saturated heterocycles. The molecule has 0 radical (unpaired) electrons. The lowest BCUT2D eigenvalue weighted by atomic mass is 9.86. The Morgan fingerprint density at radius 2 is 1.93 bits per heavy atom. The predicted octanol–water partition coefficient (Wildman–Crippen LogP) is 1.89. The number of hydrogen-bond acceptors (Lipinski definition) is 4. The third kappa shape index (κ3) is 6.09. The molecule has 2 N–H and O–H groups in total. The van der Waals surface area contributed by atoms with Crippen LogP contribution in [0.15, 0.2) is 5.10 Å². The normalized spacial score (nSPS) is 14.6. The quantitative estimate of drug-likeness (QED) is 0.351. The van der Waals surface area contributed by atoms with Gasteiger partial charge in [-0.3, -0.25) is 4.79 Å². The Morgan fingerprint density at radius 3 is 2.27 bits per heavy atom. The minimum atomic E-state index is -0.357. The van der Waals surface area contributed by atoms with Crippen molar-refractivity contribution in [3.63, 3.8) is 0 Å². The summed E-state index contributed by atoms with van der Waals surface area (Å²) in [4.78, 5) is 12.0. The highest BCUT2D eigenvalue weighted by molar-refractivity contribution is 14.1. The number of halogens is 1. The molecule has 1 unspecified atom stereocenters. The first-order chi connectivity index (χ1) is 6.79. The average Bonchev–Trinajstić information content (AvgIpc) is 2.09. The summed E-state index contributed by atoms with van der Waals surface area (Å²) < 4.78 is 2.62. The van der Waals surface area contributed by atoms with Crippen LogP contribution in [0, 0.1) is 5.41 Å². The number of carbonyl (C=O) groups excluding carboxylic acids is 1. The Hall–Kier alpha value is -0.170. The van der Waals surface area contributed by atoms with Gasteiger partial charge in [0.15, 0.2) is 5.78 Å². The minimum absolute atomic E-state index is 0.145. The van der Waals surface area contributed by atoms with Crippen LogP contribution in [0.25, 0.3) is 0 Å². The highest BCUT2D eigenvalue weighted by atomic mass is 127. The summed E-state index contributed by atoms with van der Waals surface area (Å²) in [5, 5.41) is 7.07. The number of hydrogen-bond donors (Lipinski definition) is 2. The van der Waals surface area contributed by atoms with Crippen LogP contribution >= 0.6 is 22.9 Å². The summed E-state index contributed by atoms with van der Waals surface area (Å²) in [5.74, 6) is 0.145. The molecule has 0 aromatic carbocycles. The van der Waals surface area contributed by atoms with E-state index >= 15 is 0 Å². The first-order valence-electron chi connectivity index (χ1n) is 4.98. The lowest BCUT2D eigenvalue weighted by molar-refractivity contribution is -0.126. The van der Waals surface area contributed by atoms with Gasteiger partial charge in [0.2, 0.25) is 0 Å². The summed E-state index contributed by atoms with van der Waals surface area (Å²) in [6.07, 6.45) is 1.61. The summed E-state index contributed by atoms with van der Waals surface area (Å²) in [5.41, 5.74) is -0.357. The Kier molecular flexibility index (Phi) is 6.35. The van der Waals surface area contributed by atoms with Crippen molar-refractivity contribution in [3.05, 3.63) is 0 Å². The molecule has 0 saturated carbocycles. The van der Waals surface area contributed by atoms with Crippen LogP contribution < -0.4 is 8.96 Å². The van der Waals surface area contributed by atoms with E-state index in [1.54, 1.807) is 6.21 Å². The van der Waals surface area contributed by atoms with Crippen molar-refractivity contribution in [2.45, 2.75) is 46.7 Å². The molecule has 0 aliphatic rings. The van der Waals surface area contributed by atoms with Gasteiger partial charge in [-0.05, 0) is 13.8 Å². The molecule has 88 valence electrons. The Labute approximate surface area is 106 Å². The van der Waals surface area contributed by atoms with E-state index in [9.17, 15) is 4.79 Å². The van der Waals surface area contributed by atoms with Crippen molar-refractivity contribution in [2.24, 2.45) is 10.5 Å². The van der Waals surface area contributed by atoms with Crippen molar-refractivity contribution in [2.75, 3.05) is 0 Å². The van der Waals surface area contributed by atoms with Crippen molar-refractivity contribution in [1.29, 1.82) is 0 Å². The third-order valence-corrected chi connectivity index (χ3v) is 2.09. The molecule has 15 heavy (non-hydrogen) atoms. The van der Waals surface area contributed by atoms with Crippen molar-refractivity contribution >= 4 is 34.9 Å². The zero-order valence-electron chi connectivity index (χ0n) is 9.97. The number of Topliss-reactive ketones (excluding diaryl/α,β-unsaturated/α-hetero) is 1. The van der Waals surface area contributed by atoms with E-state index in [1.807, 2.05) is 57.5 Å². The topological polar surface area (TPSA) is 53.5 Å². The predicted molar refractivity (Wildman–Crippen MR) is 72.2 cm³/mol. The average molecular weight is 325 g/mol. The van der Waals surface area contributed by atoms with Gasteiger partial charge in [0.1, 0.15) is 6.04 Å². The number of hydrazone groups is 1. The summed E-state index contributed by atoms with van der Waals surface area (Å²) in [6, 6.07) is -0.0748. The van der Waals surface area contributed by atoms with E-state index in [1.165, 1.54) is 0 Å². The van der Waals surface area contributed by atoms with Crippen LogP contribution in [0.4, 0.5) is 0 Å². The molecule has 0 heterocycles. The van der Waals surface area contributed by atoms with Crippen LogP contribution in [-0.2, 0) is 4.79 Å². The monoisotopic (exact) mass is 325 g/mol. The van der Waals surface area contributed by atoms with Crippen molar-refractivity contribution in [3.8, 4) is 0 Å². The van der Waals surface area contributed by atoms with Crippen molar-refractivity contribution < 1.29 is 4.79 Å². The molecule has 0 spiro atoms. The van der Waals surface area contributed by atoms with Gasteiger partial charge in [-0.1, -0.05) is 20.8 Å². The van der Waals surface area contributed by atoms with Gasteiger partial charge in [-0.15, -0.1) is 0 Å². The molecule has 0 aliphatic carbocycles. The van der Waals surface area contributed by atoms with Crippen LogP contribution in [-0.4, -0.2) is 24.1 Å². The largest absolute Gasteiger partial charge is 0.301 e. The summed E-state index contributed by atoms with van der Waals surface area (Å²) in [7, 11) is 0. The molecular weight excluding hydrogens is 305 g/mol. The smallest absolute Gasteiger partial charge is 0.160 e. The first-order valence-corrected chi connectivity index (χ1v) is 6.06. The van der Waals surface area contributed by atoms with Crippen molar-refractivity contribution in [1.82, 2.24) is 8.96 Å². The molecule has 1 atom stereocenters. The van der Waals surface area contributed by atoms with E-state index in [4.69, 9.17) is 0 Å². The second-order valence-corrected chi connectivity index (χ2v) is 5.26. The number of rotatable bonds is 5. The summed E-state index contributed by atoms with van der Waals surface area (Å²) >= 11 is 1.91. The number of nitrogens with zero attached hydrogens (tertiary/aromatic N) is 1. The third-order valence-electron chi connectivity index (χ3n) is 1.81. The van der Waals surface area contributed by atoms with E-state index in [-0.39, 0.29) is 23.3 Å². The van der Waals surface area contributed by atoms with E-state index in [2.05, 4.69) is 14.1 Å². The molecule has 0 fully saturated rings. The lowest BCUT2D eigenvalue weighted by Crippen LogP contribution is -2.46. The van der Waals surface area contributed by atoms with Gasteiger partial charge in [0.25, 0.3) is 0 Å². The fraction of sp³-hybridized carbons (Fsp3) is 0.800. The first kappa shape index (κ1) is 14.8. The minimum Gasteiger partial charge on any atom is -0.301 e. The standard InChI is InChI=1S/C10H20IN3O/c1-7(2)13-8(6-12-14-11)9(15)10(3,4)5/h6-8,13-14H,1-5H3/b12-6+. The van der Waals surface area contributed by atoms with E-state index < -0.39 is 0 Å². The maximum Gasteiger partial charge on any atom is 0.160 e. The maximum atomic E-state index is 12.0. The molecule has 0 aliphatic heterocycles. The van der Waals surface area contributed by atoms with Gasteiger partial charge < -0.3 is 5.32 Å². The molecule has 0 aromatic heterocycles. The van der Waals surface area contributed by atoms with E-state index in [0.29, 0.717) is 0 Å². The Balaban J connectivity index is 4.63. The van der Waals surface area contributed by atoms with Crippen LogP contribution in [0.1, 0.15) is 34.6 Å². The van der Waals surface area contributed by atoms with Crippen LogP contribution in [0.5, 0.6) is 0 Å². The molecule has 5 heteroatoms. The second-order valence-electron chi connectivity index (χ2n) is 4.78. The zero-order valence-corrected chi connectivity index (χ0v) is 12.1. The second kappa shape index (κ2) is 6.42.